The van der Waals surface area contributed by atoms with Crippen LogP contribution in [0.25, 0.3) is 0 Å². The van der Waals surface area contributed by atoms with Gasteiger partial charge in [-0.05, 0) is 50.3 Å². The normalized spacial score (nSPS) is 18.0. The Morgan fingerprint density at radius 3 is 2.69 bits per heavy atom. The summed E-state index contributed by atoms with van der Waals surface area (Å²) in [5.41, 5.74) is 0.669. The van der Waals surface area contributed by atoms with E-state index in [1.165, 1.54) is 17.3 Å². The SMILES string of the molecule is Cc1ncc(C(=O)N2CCCCNC(=O)c3cc(Cl)ccc3OC[C@@H](CC(C)C)NC(=O)C2)cn1. The van der Waals surface area contributed by atoms with Gasteiger partial charge in [-0.25, -0.2) is 9.97 Å². The minimum atomic E-state index is -0.313. The third kappa shape index (κ3) is 7.92. The van der Waals surface area contributed by atoms with Gasteiger partial charge in [0.25, 0.3) is 11.8 Å². The fraction of sp³-hybridized carbons (Fsp3) is 0.480. The highest BCUT2D eigenvalue weighted by Crippen LogP contribution is 2.24. The Morgan fingerprint density at radius 2 is 1.97 bits per heavy atom. The second kappa shape index (κ2) is 12.5. The van der Waals surface area contributed by atoms with E-state index in [0.717, 1.165) is 0 Å². The Morgan fingerprint density at radius 1 is 1.23 bits per heavy atom. The maximum absolute atomic E-state index is 13.1. The number of halogens is 1. The number of hydrogen-bond acceptors (Lipinski definition) is 6. The van der Waals surface area contributed by atoms with Crippen molar-refractivity contribution in [3.8, 4) is 5.75 Å². The highest BCUT2D eigenvalue weighted by atomic mass is 35.5. The van der Waals surface area contributed by atoms with Crippen LogP contribution in [0.2, 0.25) is 5.02 Å². The predicted molar refractivity (Wildman–Crippen MR) is 133 cm³/mol. The lowest BCUT2D eigenvalue weighted by molar-refractivity contribution is -0.122. The van der Waals surface area contributed by atoms with Gasteiger partial charge in [-0.3, -0.25) is 14.4 Å². The number of nitrogens with zero attached hydrogens (tertiary/aromatic N) is 3. The maximum Gasteiger partial charge on any atom is 0.257 e. The van der Waals surface area contributed by atoms with E-state index in [1.807, 2.05) is 0 Å². The fourth-order valence-electron chi connectivity index (χ4n) is 3.84. The van der Waals surface area contributed by atoms with Crippen molar-refractivity contribution < 1.29 is 19.1 Å². The minimum Gasteiger partial charge on any atom is -0.491 e. The molecule has 2 N–H and O–H groups in total. The van der Waals surface area contributed by atoms with E-state index < -0.39 is 0 Å². The molecule has 2 heterocycles. The Balaban J connectivity index is 1.82. The molecule has 9 nitrogen and oxygen atoms in total. The number of carbonyl (C=O) groups is 3. The number of benzene rings is 1. The molecule has 3 amide bonds. The smallest absolute Gasteiger partial charge is 0.257 e. The molecule has 0 fully saturated rings. The Labute approximate surface area is 210 Å². The highest BCUT2D eigenvalue weighted by Gasteiger charge is 2.23. The summed E-state index contributed by atoms with van der Waals surface area (Å²) in [6.45, 7) is 6.67. The number of amides is 3. The van der Waals surface area contributed by atoms with E-state index in [0.29, 0.717) is 66.0 Å². The van der Waals surface area contributed by atoms with Gasteiger partial charge in [0.05, 0.1) is 23.7 Å². The van der Waals surface area contributed by atoms with Crippen LogP contribution < -0.4 is 15.4 Å². The number of rotatable bonds is 3. The second-order valence-electron chi connectivity index (χ2n) is 9.05. The number of aryl methyl sites for hydroxylation is 1. The van der Waals surface area contributed by atoms with Crippen LogP contribution >= 0.6 is 11.6 Å². The topological polar surface area (TPSA) is 114 Å². The first-order valence-electron chi connectivity index (χ1n) is 11.8. The summed E-state index contributed by atoms with van der Waals surface area (Å²) in [7, 11) is 0. The lowest BCUT2D eigenvalue weighted by Crippen LogP contribution is -2.46. The average Bonchev–Trinajstić information content (AvgIpc) is 2.81. The monoisotopic (exact) mass is 501 g/mol. The van der Waals surface area contributed by atoms with Gasteiger partial charge in [-0.2, -0.15) is 0 Å². The van der Waals surface area contributed by atoms with Gasteiger partial charge in [-0.15, -0.1) is 0 Å². The quantitative estimate of drug-likeness (QED) is 0.668. The largest absolute Gasteiger partial charge is 0.491 e. The van der Waals surface area contributed by atoms with Crippen molar-refractivity contribution in [2.75, 3.05) is 26.2 Å². The van der Waals surface area contributed by atoms with Gasteiger partial charge in [0.1, 0.15) is 18.2 Å². The van der Waals surface area contributed by atoms with Crippen LogP contribution in [0, 0.1) is 12.8 Å². The summed E-state index contributed by atoms with van der Waals surface area (Å²) in [5, 5.41) is 6.32. The molecule has 0 aliphatic carbocycles. The summed E-state index contributed by atoms with van der Waals surface area (Å²) >= 11 is 6.12. The molecule has 10 heteroatoms. The molecule has 0 saturated carbocycles. The molecular formula is C25H32ClN5O4. The van der Waals surface area contributed by atoms with Crippen LogP contribution in [0.3, 0.4) is 0 Å². The van der Waals surface area contributed by atoms with E-state index in [4.69, 9.17) is 16.3 Å². The first kappa shape index (κ1) is 26.4. The number of hydrogen-bond donors (Lipinski definition) is 2. The third-order valence-corrected chi connectivity index (χ3v) is 5.77. The zero-order valence-corrected chi connectivity index (χ0v) is 21.1. The van der Waals surface area contributed by atoms with Crippen LogP contribution in [0.4, 0.5) is 0 Å². The van der Waals surface area contributed by atoms with Gasteiger partial charge in [0, 0.05) is 30.5 Å². The van der Waals surface area contributed by atoms with Crippen molar-refractivity contribution in [2.45, 2.75) is 46.1 Å². The molecule has 2 aromatic rings. The van der Waals surface area contributed by atoms with E-state index in [-0.39, 0.29) is 36.9 Å². The maximum atomic E-state index is 13.1. The van der Waals surface area contributed by atoms with Gasteiger partial charge < -0.3 is 20.3 Å². The van der Waals surface area contributed by atoms with Gasteiger partial charge in [0.2, 0.25) is 5.91 Å². The van der Waals surface area contributed by atoms with Gasteiger partial charge in [-0.1, -0.05) is 25.4 Å². The van der Waals surface area contributed by atoms with E-state index in [2.05, 4.69) is 34.4 Å². The van der Waals surface area contributed by atoms with Gasteiger partial charge in [0.15, 0.2) is 0 Å². The lowest BCUT2D eigenvalue weighted by atomic mass is 10.0. The third-order valence-electron chi connectivity index (χ3n) is 5.54. The molecule has 0 unspecified atom stereocenters. The fourth-order valence-corrected chi connectivity index (χ4v) is 4.02. The van der Waals surface area contributed by atoms with Crippen LogP contribution in [0.5, 0.6) is 5.75 Å². The molecule has 0 bridgehead atoms. The molecule has 0 spiro atoms. The average molecular weight is 502 g/mol. The first-order chi connectivity index (χ1) is 16.7. The van der Waals surface area contributed by atoms with E-state index in [9.17, 15) is 14.4 Å². The van der Waals surface area contributed by atoms with Gasteiger partial charge >= 0.3 is 0 Å². The van der Waals surface area contributed by atoms with Crippen LogP contribution in [-0.2, 0) is 4.79 Å². The standard InChI is InChI=1S/C25H32ClN5O4/c1-16(2)10-20-15-35-22-7-6-19(26)11-21(22)24(33)27-8-4-5-9-31(14-23(32)30-20)25(34)18-12-28-17(3)29-13-18/h6-7,11-13,16,20H,4-5,8-10,14-15H2,1-3H3,(H,27,33)(H,30,32)/t20-/m1/s1. The number of fused-ring (bicyclic) bond motifs is 1. The molecule has 1 atom stereocenters. The molecule has 0 radical (unpaired) electrons. The molecule has 0 saturated heterocycles. The van der Waals surface area contributed by atoms with E-state index in [1.54, 1.807) is 25.1 Å². The number of nitrogens with one attached hydrogen (secondary N) is 2. The summed E-state index contributed by atoms with van der Waals surface area (Å²) in [6.07, 6.45) is 4.82. The Bertz CT molecular complexity index is 1040. The van der Waals surface area contributed by atoms with Crippen LogP contribution in [-0.4, -0.2) is 64.9 Å². The minimum absolute atomic E-state index is 0.0974. The second-order valence-corrected chi connectivity index (χ2v) is 9.49. The molecule has 35 heavy (non-hydrogen) atoms. The Hall–Kier alpha value is -3.20. The summed E-state index contributed by atoms with van der Waals surface area (Å²) < 4.78 is 5.97. The molecule has 1 aliphatic rings. The summed E-state index contributed by atoms with van der Waals surface area (Å²) in [5.74, 6) is 0.382. The lowest BCUT2D eigenvalue weighted by Gasteiger charge is -2.25. The Kier molecular flexibility index (Phi) is 9.42. The molecule has 1 aliphatic heterocycles. The summed E-state index contributed by atoms with van der Waals surface area (Å²) in [4.78, 5) is 48.6. The zero-order valence-electron chi connectivity index (χ0n) is 20.3. The highest BCUT2D eigenvalue weighted by molar-refractivity contribution is 6.31. The van der Waals surface area contributed by atoms with Crippen molar-refractivity contribution in [3.05, 3.63) is 52.6 Å². The molecule has 1 aromatic heterocycles. The van der Waals surface area contributed by atoms with Crippen molar-refractivity contribution in [2.24, 2.45) is 5.92 Å². The number of aromatic nitrogens is 2. The van der Waals surface area contributed by atoms with Crippen LogP contribution in [0.1, 0.15) is 59.7 Å². The van der Waals surface area contributed by atoms with Crippen molar-refractivity contribution in [1.29, 1.82) is 0 Å². The predicted octanol–water partition coefficient (Wildman–Crippen LogP) is 3.01. The summed E-state index contributed by atoms with van der Waals surface area (Å²) in [6, 6.07) is 4.59. The van der Waals surface area contributed by atoms with Crippen LogP contribution in [0.15, 0.2) is 30.6 Å². The first-order valence-corrected chi connectivity index (χ1v) is 12.2. The number of ether oxygens (including phenoxy) is 1. The van der Waals surface area contributed by atoms with Crippen molar-refractivity contribution >= 4 is 29.3 Å². The number of carbonyl (C=O) groups excluding carboxylic acids is 3. The molecule has 3 rings (SSSR count). The molecular weight excluding hydrogens is 470 g/mol. The van der Waals surface area contributed by atoms with E-state index >= 15 is 0 Å². The molecule has 188 valence electrons. The molecule has 1 aromatic carbocycles. The van der Waals surface area contributed by atoms with Crippen molar-refractivity contribution in [1.82, 2.24) is 25.5 Å². The zero-order chi connectivity index (χ0) is 25.4. The van der Waals surface area contributed by atoms with Crippen molar-refractivity contribution in [3.63, 3.8) is 0 Å².